The van der Waals surface area contributed by atoms with Crippen molar-refractivity contribution in [3.05, 3.63) is 89.3 Å². The van der Waals surface area contributed by atoms with E-state index in [-0.39, 0.29) is 12.5 Å². The first-order chi connectivity index (χ1) is 14.6. The topological polar surface area (TPSA) is 77.8 Å². The van der Waals surface area contributed by atoms with E-state index in [0.717, 1.165) is 16.5 Å². The van der Waals surface area contributed by atoms with Crippen LogP contribution in [-0.2, 0) is 4.79 Å². The number of fused-ring (bicyclic) bond motifs is 1. The van der Waals surface area contributed by atoms with E-state index in [1.165, 1.54) is 6.07 Å². The van der Waals surface area contributed by atoms with Gasteiger partial charge in [0.15, 0.2) is 6.61 Å². The summed E-state index contributed by atoms with van der Waals surface area (Å²) >= 11 is 0. The maximum atomic E-state index is 12.2. The van der Waals surface area contributed by atoms with Crippen molar-refractivity contribution in [2.45, 2.75) is 0 Å². The van der Waals surface area contributed by atoms with Gasteiger partial charge in [-0.15, -0.1) is 0 Å². The number of nitrogens with one attached hydrogen (secondary N) is 1. The molecule has 0 spiro atoms. The molecule has 6 nitrogen and oxygen atoms in total. The molecule has 0 saturated heterocycles. The summed E-state index contributed by atoms with van der Waals surface area (Å²) in [5.74, 6) is 0.831. The monoisotopic (exact) mass is 401 g/mol. The predicted molar refractivity (Wildman–Crippen MR) is 115 cm³/mol. The average Bonchev–Trinajstić information content (AvgIpc) is 2.78. The Morgan fingerprint density at radius 1 is 0.933 bits per heavy atom. The molecule has 0 aliphatic rings. The highest BCUT2D eigenvalue weighted by atomic mass is 16.5. The highest BCUT2D eigenvalue weighted by Gasteiger charge is 2.10. The normalized spacial score (nSPS) is 10.6. The van der Waals surface area contributed by atoms with Gasteiger partial charge in [0.25, 0.3) is 5.91 Å². The van der Waals surface area contributed by atoms with Crippen molar-refractivity contribution in [3.63, 3.8) is 0 Å². The van der Waals surface area contributed by atoms with Crippen molar-refractivity contribution in [2.24, 2.45) is 0 Å². The van der Waals surface area contributed by atoms with Gasteiger partial charge in [-0.1, -0.05) is 30.3 Å². The van der Waals surface area contributed by atoms with Crippen LogP contribution in [0.3, 0.4) is 0 Å². The summed E-state index contributed by atoms with van der Waals surface area (Å²) in [5.41, 5.74) is 2.29. The molecule has 0 aliphatic carbocycles. The first kappa shape index (κ1) is 19.3. The SMILES string of the molecule is COc1ccc(NC(=O)COc2ccc3c(-c4ccccc4)cc(=O)oc3c2)cc1. The van der Waals surface area contributed by atoms with Gasteiger partial charge in [0.05, 0.1) is 7.11 Å². The lowest BCUT2D eigenvalue weighted by molar-refractivity contribution is -0.118. The fraction of sp³-hybridized carbons (Fsp3) is 0.0833. The number of benzene rings is 3. The Hall–Kier alpha value is -4.06. The van der Waals surface area contributed by atoms with Gasteiger partial charge in [-0.2, -0.15) is 0 Å². The third-order valence-electron chi connectivity index (χ3n) is 4.54. The van der Waals surface area contributed by atoms with Crippen molar-refractivity contribution >= 4 is 22.6 Å². The number of ether oxygens (including phenoxy) is 2. The zero-order valence-electron chi connectivity index (χ0n) is 16.3. The van der Waals surface area contributed by atoms with Crippen LogP contribution in [0.1, 0.15) is 0 Å². The zero-order chi connectivity index (χ0) is 20.9. The highest BCUT2D eigenvalue weighted by molar-refractivity contribution is 5.94. The minimum Gasteiger partial charge on any atom is -0.497 e. The quantitative estimate of drug-likeness (QED) is 0.482. The molecular formula is C24H19NO5. The average molecular weight is 401 g/mol. The van der Waals surface area contributed by atoms with E-state index in [1.807, 2.05) is 36.4 Å². The molecule has 1 heterocycles. The van der Waals surface area contributed by atoms with Crippen molar-refractivity contribution in [2.75, 3.05) is 19.0 Å². The van der Waals surface area contributed by atoms with Crippen LogP contribution in [0.4, 0.5) is 5.69 Å². The van der Waals surface area contributed by atoms with Crippen LogP contribution in [0.2, 0.25) is 0 Å². The second-order valence-corrected chi connectivity index (χ2v) is 6.57. The van der Waals surface area contributed by atoms with Crippen molar-refractivity contribution in [3.8, 4) is 22.6 Å². The molecule has 0 unspecified atom stereocenters. The Bertz CT molecular complexity index is 1230. The van der Waals surface area contributed by atoms with Gasteiger partial charge >= 0.3 is 5.63 Å². The van der Waals surface area contributed by atoms with E-state index >= 15 is 0 Å². The number of carbonyl (C=O) groups is 1. The number of amides is 1. The van der Waals surface area contributed by atoms with Crippen LogP contribution in [0.5, 0.6) is 11.5 Å². The highest BCUT2D eigenvalue weighted by Crippen LogP contribution is 2.29. The van der Waals surface area contributed by atoms with Crippen LogP contribution in [0.25, 0.3) is 22.1 Å². The molecular weight excluding hydrogens is 382 g/mol. The standard InChI is InChI=1S/C24H19NO5/c1-28-18-9-7-17(8-10-18)25-23(26)15-29-19-11-12-20-21(16-5-3-2-4-6-16)14-24(27)30-22(20)13-19/h2-14H,15H2,1H3,(H,25,26). The molecule has 150 valence electrons. The molecule has 0 saturated carbocycles. The summed E-state index contributed by atoms with van der Waals surface area (Å²) in [6.45, 7) is -0.180. The number of methoxy groups -OCH3 is 1. The molecule has 4 aromatic rings. The Morgan fingerprint density at radius 2 is 1.67 bits per heavy atom. The second-order valence-electron chi connectivity index (χ2n) is 6.57. The number of hydrogen-bond donors (Lipinski definition) is 1. The molecule has 0 aliphatic heterocycles. The number of rotatable bonds is 6. The molecule has 0 atom stereocenters. The second kappa shape index (κ2) is 8.53. The van der Waals surface area contributed by atoms with Gasteiger partial charge < -0.3 is 19.2 Å². The largest absolute Gasteiger partial charge is 0.497 e. The predicted octanol–water partition coefficient (Wildman–Crippen LogP) is 4.49. The lowest BCUT2D eigenvalue weighted by Gasteiger charge is -2.10. The Labute approximate surface area is 172 Å². The fourth-order valence-electron chi connectivity index (χ4n) is 3.11. The summed E-state index contributed by atoms with van der Waals surface area (Å²) in [7, 11) is 1.58. The first-order valence-corrected chi connectivity index (χ1v) is 9.32. The lowest BCUT2D eigenvalue weighted by atomic mass is 10.0. The minimum absolute atomic E-state index is 0.180. The van der Waals surface area contributed by atoms with Gasteiger partial charge in [-0.25, -0.2) is 4.79 Å². The van der Waals surface area contributed by atoms with E-state index in [0.29, 0.717) is 22.8 Å². The molecule has 0 radical (unpaired) electrons. The van der Waals surface area contributed by atoms with E-state index in [9.17, 15) is 9.59 Å². The lowest BCUT2D eigenvalue weighted by Crippen LogP contribution is -2.20. The molecule has 0 bridgehead atoms. The van der Waals surface area contributed by atoms with Gasteiger partial charge in [0, 0.05) is 23.2 Å². The van der Waals surface area contributed by atoms with Crippen LogP contribution in [0.15, 0.2) is 88.1 Å². The van der Waals surface area contributed by atoms with E-state index in [1.54, 1.807) is 43.5 Å². The third kappa shape index (κ3) is 4.33. The molecule has 30 heavy (non-hydrogen) atoms. The third-order valence-corrected chi connectivity index (χ3v) is 4.54. The van der Waals surface area contributed by atoms with Gasteiger partial charge in [0.1, 0.15) is 17.1 Å². The summed E-state index contributed by atoms with van der Waals surface area (Å²) in [4.78, 5) is 24.2. The van der Waals surface area contributed by atoms with E-state index in [4.69, 9.17) is 13.9 Å². The minimum atomic E-state index is -0.448. The van der Waals surface area contributed by atoms with Gasteiger partial charge in [-0.05, 0) is 47.5 Å². The van der Waals surface area contributed by atoms with Crippen LogP contribution >= 0.6 is 0 Å². The van der Waals surface area contributed by atoms with Crippen LogP contribution in [-0.4, -0.2) is 19.6 Å². The maximum Gasteiger partial charge on any atom is 0.336 e. The van der Waals surface area contributed by atoms with E-state index in [2.05, 4.69) is 5.32 Å². The van der Waals surface area contributed by atoms with Gasteiger partial charge in [0.2, 0.25) is 0 Å². The van der Waals surface area contributed by atoms with Crippen LogP contribution < -0.4 is 20.4 Å². The van der Waals surface area contributed by atoms with E-state index < -0.39 is 5.63 Å². The number of anilines is 1. The summed E-state index contributed by atoms with van der Waals surface area (Å²) < 4.78 is 16.0. The molecule has 3 aromatic carbocycles. The van der Waals surface area contributed by atoms with Crippen molar-refractivity contribution in [1.29, 1.82) is 0 Å². The molecule has 0 fully saturated rings. The van der Waals surface area contributed by atoms with Crippen LogP contribution in [0, 0.1) is 0 Å². The van der Waals surface area contributed by atoms with Gasteiger partial charge in [-0.3, -0.25) is 4.79 Å². The van der Waals surface area contributed by atoms with Crippen molar-refractivity contribution in [1.82, 2.24) is 0 Å². The smallest absolute Gasteiger partial charge is 0.336 e. The molecule has 6 heteroatoms. The fourth-order valence-corrected chi connectivity index (χ4v) is 3.11. The molecule has 1 aromatic heterocycles. The first-order valence-electron chi connectivity index (χ1n) is 9.32. The number of hydrogen-bond acceptors (Lipinski definition) is 5. The summed E-state index contributed by atoms with van der Waals surface area (Å²) in [6.07, 6.45) is 0. The van der Waals surface area contributed by atoms with Crippen molar-refractivity contribution < 1.29 is 18.7 Å². The maximum absolute atomic E-state index is 12.2. The Morgan fingerprint density at radius 3 is 2.40 bits per heavy atom. The number of carbonyl (C=O) groups excluding carboxylic acids is 1. The summed E-state index contributed by atoms with van der Waals surface area (Å²) in [5, 5.41) is 3.54. The molecule has 1 amide bonds. The zero-order valence-corrected chi connectivity index (χ0v) is 16.3. The molecule has 1 N–H and O–H groups in total. The summed E-state index contributed by atoms with van der Waals surface area (Å²) in [6, 6.07) is 23.3. The Kier molecular flexibility index (Phi) is 5.48. The molecule has 4 rings (SSSR count). The Balaban J connectivity index is 1.49.